The first kappa shape index (κ1) is 9.22. The summed E-state index contributed by atoms with van der Waals surface area (Å²) < 4.78 is 2.24. The van der Waals surface area contributed by atoms with Gasteiger partial charge in [0.05, 0.1) is 11.2 Å². The molecule has 2 heterocycles. The van der Waals surface area contributed by atoms with E-state index < -0.39 is 0 Å². The van der Waals surface area contributed by atoms with Crippen LogP contribution in [0.25, 0.3) is 28.4 Å². The molecule has 0 spiro atoms. The molecule has 0 unspecified atom stereocenters. The van der Waals surface area contributed by atoms with E-state index >= 15 is 0 Å². The molecule has 78 valence electrons. The van der Waals surface area contributed by atoms with Crippen molar-refractivity contribution in [2.75, 3.05) is 0 Å². The Balaban J connectivity index is 2.59. The maximum Gasteiger partial charge on any atom is 0.0607 e. The maximum atomic E-state index is 3.92. The molecule has 1 heteroatoms. The second-order valence-corrected chi connectivity index (χ2v) is 3.93. The van der Waals surface area contributed by atoms with Crippen molar-refractivity contribution in [3.05, 3.63) is 54.4 Å². The van der Waals surface area contributed by atoms with Gasteiger partial charge in [-0.05, 0) is 19.1 Å². The third-order valence-electron chi connectivity index (χ3n) is 3.07. The Morgan fingerprint density at radius 3 is 2.88 bits per heavy atom. The van der Waals surface area contributed by atoms with Crippen LogP contribution >= 0.6 is 0 Å². The Bertz CT molecular complexity index is 686. The van der Waals surface area contributed by atoms with E-state index in [2.05, 4.69) is 53.6 Å². The van der Waals surface area contributed by atoms with Gasteiger partial charge in [-0.15, -0.1) is 0 Å². The van der Waals surface area contributed by atoms with E-state index in [1.54, 1.807) is 0 Å². The van der Waals surface area contributed by atoms with E-state index in [9.17, 15) is 0 Å². The summed E-state index contributed by atoms with van der Waals surface area (Å²) in [5.41, 5.74) is 3.73. The van der Waals surface area contributed by atoms with Crippen molar-refractivity contribution in [3.8, 4) is 0 Å². The summed E-state index contributed by atoms with van der Waals surface area (Å²) in [7, 11) is 0. The first-order chi connectivity index (χ1) is 7.86. The number of rotatable bonds is 2. The lowest BCUT2D eigenvalue weighted by atomic mass is 10.1. The molecule has 0 fully saturated rings. The Morgan fingerprint density at radius 2 is 2.12 bits per heavy atom. The summed E-state index contributed by atoms with van der Waals surface area (Å²) in [4.78, 5) is 0. The fraction of sp³-hybridized carbons (Fsp3) is 0.0667. The van der Waals surface area contributed by atoms with Gasteiger partial charge in [-0.25, -0.2) is 0 Å². The lowest BCUT2D eigenvalue weighted by Crippen LogP contribution is -1.81. The number of benzene rings is 1. The Kier molecular flexibility index (Phi) is 1.87. The van der Waals surface area contributed by atoms with E-state index in [1.165, 1.54) is 27.5 Å². The molecule has 2 aromatic heterocycles. The largest absolute Gasteiger partial charge is 0.315 e. The standard InChI is InChI=1S/C15H13N/c1-3-6-14-12(4-2)13-8-5-7-11-9-10-16(14)15(11)13/h3-10H,2H2,1H3/b6-3-. The highest BCUT2D eigenvalue weighted by Crippen LogP contribution is 2.31. The number of hydrogen-bond acceptors (Lipinski definition) is 0. The van der Waals surface area contributed by atoms with Crippen molar-refractivity contribution < 1.29 is 0 Å². The van der Waals surface area contributed by atoms with E-state index in [0.717, 1.165) is 0 Å². The molecule has 1 nitrogen and oxygen atoms in total. The van der Waals surface area contributed by atoms with Crippen LogP contribution in [0.4, 0.5) is 0 Å². The van der Waals surface area contributed by atoms with Gasteiger partial charge in [0.2, 0.25) is 0 Å². The second-order valence-electron chi connectivity index (χ2n) is 3.93. The zero-order valence-corrected chi connectivity index (χ0v) is 9.27. The van der Waals surface area contributed by atoms with Gasteiger partial charge in [0, 0.05) is 22.5 Å². The first-order valence-corrected chi connectivity index (χ1v) is 5.47. The molecule has 0 aliphatic heterocycles. The lowest BCUT2D eigenvalue weighted by Gasteiger charge is -1.94. The summed E-state index contributed by atoms with van der Waals surface area (Å²) in [6.07, 6.45) is 8.27. The van der Waals surface area contributed by atoms with Crippen molar-refractivity contribution >= 4 is 28.4 Å². The molecule has 0 amide bonds. The lowest BCUT2D eigenvalue weighted by molar-refractivity contribution is 1.21. The van der Waals surface area contributed by atoms with Crippen LogP contribution in [0.3, 0.4) is 0 Å². The van der Waals surface area contributed by atoms with Crippen LogP contribution in [0.2, 0.25) is 0 Å². The fourth-order valence-corrected chi connectivity index (χ4v) is 2.42. The summed E-state index contributed by atoms with van der Waals surface area (Å²) >= 11 is 0. The van der Waals surface area contributed by atoms with Gasteiger partial charge in [0.1, 0.15) is 0 Å². The quantitative estimate of drug-likeness (QED) is 0.593. The van der Waals surface area contributed by atoms with Gasteiger partial charge in [0.25, 0.3) is 0 Å². The third-order valence-corrected chi connectivity index (χ3v) is 3.07. The Morgan fingerprint density at radius 1 is 1.25 bits per heavy atom. The summed E-state index contributed by atoms with van der Waals surface area (Å²) in [5.74, 6) is 0. The van der Waals surface area contributed by atoms with Gasteiger partial charge in [-0.2, -0.15) is 0 Å². The van der Waals surface area contributed by atoms with E-state index in [-0.39, 0.29) is 0 Å². The van der Waals surface area contributed by atoms with Crippen LogP contribution < -0.4 is 0 Å². The average molecular weight is 207 g/mol. The minimum atomic E-state index is 1.22. The molecule has 0 bridgehead atoms. The monoisotopic (exact) mass is 207 g/mol. The summed E-state index contributed by atoms with van der Waals surface area (Å²) in [5, 5.41) is 2.57. The van der Waals surface area contributed by atoms with Crippen LogP contribution in [0, 0.1) is 0 Å². The van der Waals surface area contributed by atoms with Crippen LogP contribution in [0.1, 0.15) is 18.2 Å². The molecule has 0 saturated carbocycles. The van der Waals surface area contributed by atoms with E-state index in [4.69, 9.17) is 0 Å². The smallest absolute Gasteiger partial charge is 0.0607 e. The van der Waals surface area contributed by atoms with Crippen molar-refractivity contribution in [1.82, 2.24) is 4.40 Å². The van der Waals surface area contributed by atoms with Gasteiger partial charge in [-0.3, -0.25) is 0 Å². The fourth-order valence-electron chi connectivity index (χ4n) is 2.42. The van der Waals surface area contributed by atoms with Gasteiger partial charge in [-0.1, -0.05) is 36.9 Å². The molecule has 16 heavy (non-hydrogen) atoms. The van der Waals surface area contributed by atoms with Gasteiger partial charge >= 0.3 is 0 Å². The first-order valence-electron chi connectivity index (χ1n) is 5.47. The SMILES string of the molecule is C=Cc1c(/C=C\C)n2ccc3cccc1c32. The number of nitrogens with zero attached hydrogens (tertiary/aromatic N) is 1. The Labute approximate surface area is 94.7 Å². The molecule has 0 radical (unpaired) electrons. The molecule has 0 aliphatic carbocycles. The zero-order valence-electron chi connectivity index (χ0n) is 9.27. The van der Waals surface area contributed by atoms with Crippen molar-refractivity contribution in [1.29, 1.82) is 0 Å². The predicted molar refractivity (Wildman–Crippen MR) is 70.9 cm³/mol. The Hall–Kier alpha value is -2.02. The van der Waals surface area contributed by atoms with Crippen LogP contribution in [-0.2, 0) is 0 Å². The molecule has 0 N–H and O–H groups in total. The van der Waals surface area contributed by atoms with Gasteiger partial charge < -0.3 is 4.40 Å². The van der Waals surface area contributed by atoms with Crippen LogP contribution in [0.5, 0.6) is 0 Å². The highest BCUT2D eigenvalue weighted by molar-refractivity contribution is 6.03. The molecular formula is C15H13N. The number of allylic oxidation sites excluding steroid dienone is 1. The molecule has 0 aliphatic rings. The maximum absolute atomic E-state index is 3.92. The highest BCUT2D eigenvalue weighted by Gasteiger charge is 2.12. The van der Waals surface area contributed by atoms with E-state index in [1.807, 2.05) is 13.0 Å². The van der Waals surface area contributed by atoms with Gasteiger partial charge in [0.15, 0.2) is 0 Å². The number of para-hydroxylation sites is 1. The average Bonchev–Trinajstić information content (AvgIpc) is 2.85. The summed E-state index contributed by atoms with van der Waals surface area (Å²) in [6, 6.07) is 8.56. The normalized spacial score (nSPS) is 12.1. The molecular weight excluding hydrogens is 194 g/mol. The zero-order chi connectivity index (χ0) is 11.1. The molecule has 1 aromatic carbocycles. The topological polar surface area (TPSA) is 4.41 Å². The van der Waals surface area contributed by atoms with Crippen molar-refractivity contribution in [3.63, 3.8) is 0 Å². The molecule has 0 atom stereocenters. The van der Waals surface area contributed by atoms with Crippen LogP contribution in [-0.4, -0.2) is 4.40 Å². The van der Waals surface area contributed by atoms with E-state index in [0.29, 0.717) is 0 Å². The van der Waals surface area contributed by atoms with Crippen molar-refractivity contribution in [2.45, 2.75) is 6.92 Å². The molecule has 3 aromatic rings. The minimum absolute atomic E-state index is 1.22. The minimum Gasteiger partial charge on any atom is -0.315 e. The number of aromatic nitrogens is 1. The second kappa shape index (κ2) is 3.24. The number of hydrogen-bond donors (Lipinski definition) is 0. The predicted octanol–water partition coefficient (Wildman–Crippen LogP) is 4.21. The summed E-state index contributed by atoms with van der Waals surface area (Å²) in [6.45, 7) is 5.96. The van der Waals surface area contributed by atoms with Crippen molar-refractivity contribution in [2.24, 2.45) is 0 Å². The molecule has 3 rings (SSSR count). The molecule has 0 saturated heterocycles. The third kappa shape index (κ3) is 1.00. The highest BCUT2D eigenvalue weighted by atomic mass is 14.9. The van der Waals surface area contributed by atoms with Crippen LogP contribution in [0.15, 0.2) is 43.1 Å².